The molecule has 11 aromatic carbocycles. The van der Waals surface area contributed by atoms with Gasteiger partial charge < -0.3 is 8.83 Å². The van der Waals surface area contributed by atoms with Crippen molar-refractivity contribution in [2.45, 2.75) is 0 Å². The van der Waals surface area contributed by atoms with Gasteiger partial charge in [-0.1, -0.05) is 170 Å². The van der Waals surface area contributed by atoms with Crippen LogP contribution in [0.25, 0.3) is 131 Å². The van der Waals surface area contributed by atoms with Crippen LogP contribution < -0.4 is 0 Å². The minimum atomic E-state index is 0.821. The summed E-state index contributed by atoms with van der Waals surface area (Å²) in [6, 6.07) is 74.8. The van der Waals surface area contributed by atoms with E-state index < -0.39 is 0 Å². The monoisotopic (exact) mass is 762 g/mol. The Bertz CT molecular complexity index is 3890. The van der Waals surface area contributed by atoms with Gasteiger partial charge in [0.05, 0.1) is 5.39 Å². The summed E-state index contributed by atoms with van der Waals surface area (Å²) in [6.45, 7) is 0. The predicted molar refractivity (Wildman–Crippen MR) is 253 cm³/mol. The first kappa shape index (κ1) is 33.1. The summed E-state index contributed by atoms with van der Waals surface area (Å²) in [7, 11) is 0. The number of hydrogen-bond donors (Lipinski definition) is 0. The fourth-order valence-electron chi connectivity index (χ4n) is 10.0. The molecule has 0 N–H and O–H groups in total. The fourth-order valence-corrected chi connectivity index (χ4v) is 10.0. The molecule has 0 aliphatic rings. The van der Waals surface area contributed by atoms with Gasteiger partial charge in [-0.05, 0) is 124 Å². The average molecular weight is 763 g/mol. The Labute approximate surface area is 345 Å². The highest BCUT2D eigenvalue weighted by Gasteiger charge is 2.22. The van der Waals surface area contributed by atoms with Crippen LogP contribution in [-0.4, -0.2) is 0 Å². The quantitative estimate of drug-likeness (QED) is 0.167. The first-order valence-electron chi connectivity index (χ1n) is 20.6. The molecular weight excluding hydrogens is 729 g/mol. The number of benzene rings is 11. The number of rotatable bonds is 4. The lowest BCUT2D eigenvalue weighted by atomic mass is 9.82. The van der Waals surface area contributed by atoms with Crippen LogP contribution in [0.4, 0.5) is 0 Å². The second-order valence-electron chi connectivity index (χ2n) is 15.9. The lowest BCUT2D eigenvalue weighted by Gasteiger charge is -2.21. The van der Waals surface area contributed by atoms with Crippen molar-refractivity contribution in [3.63, 3.8) is 0 Å². The second kappa shape index (κ2) is 12.8. The zero-order valence-corrected chi connectivity index (χ0v) is 32.4. The molecule has 0 bridgehead atoms. The van der Waals surface area contributed by atoms with Crippen LogP contribution in [0.3, 0.4) is 0 Å². The molecule has 2 heteroatoms. The van der Waals surface area contributed by atoms with Gasteiger partial charge in [0.25, 0.3) is 0 Å². The zero-order chi connectivity index (χ0) is 39.3. The molecule has 0 amide bonds. The molecule has 0 saturated heterocycles. The maximum Gasteiger partial charge on any atom is 0.147 e. The highest BCUT2D eigenvalue weighted by molar-refractivity contribution is 6.26. The van der Waals surface area contributed by atoms with Crippen molar-refractivity contribution < 1.29 is 8.83 Å². The molecule has 0 fully saturated rings. The Morgan fingerprint density at radius 2 is 0.767 bits per heavy atom. The Morgan fingerprint density at radius 1 is 0.250 bits per heavy atom. The lowest BCUT2D eigenvalue weighted by molar-refractivity contribution is 0.663. The van der Waals surface area contributed by atoms with E-state index in [1.165, 1.54) is 82.0 Å². The molecule has 0 aliphatic carbocycles. The van der Waals surface area contributed by atoms with Crippen LogP contribution in [0, 0.1) is 0 Å². The first-order chi connectivity index (χ1) is 29.8. The third kappa shape index (κ3) is 4.82. The molecule has 0 unspecified atom stereocenters. The largest absolute Gasteiger partial charge is 0.456 e. The van der Waals surface area contributed by atoms with Gasteiger partial charge in [0.2, 0.25) is 0 Å². The highest BCUT2D eigenvalue weighted by Crippen LogP contribution is 2.49. The van der Waals surface area contributed by atoms with E-state index in [0.717, 1.165) is 49.4 Å². The van der Waals surface area contributed by atoms with Crippen molar-refractivity contribution >= 4 is 87.0 Å². The molecule has 278 valence electrons. The van der Waals surface area contributed by atoms with Gasteiger partial charge in [-0.25, -0.2) is 0 Å². The van der Waals surface area contributed by atoms with E-state index in [1.54, 1.807) is 0 Å². The predicted octanol–water partition coefficient (Wildman–Crippen LogP) is 16.8. The minimum Gasteiger partial charge on any atom is -0.456 e. The summed E-state index contributed by atoms with van der Waals surface area (Å²) in [5.74, 6) is 0. The van der Waals surface area contributed by atoms with Crippen molar-refractivity contribution in [3.05, 3.63) is 206 Å². The Kier molecular flexibility index (Phi) is 7.05. The van der Waals surface area contributed by atoms with Crippen molar-refractivity contribution in [1.29, 1.82) is 0 Å². The van der Waals surface area contributed by atoms with Gasteiger partial charge in [0, 0.05) is 16.2 Å². The first-order valence-corrected chi connectivity index (χ1v) is 20.6. The van der Waals surface area contributed by atoms with Gasteiger partial charge >= 0.3 is 0 Å². The maximum atomic E-state index is 6.60. The molecular formula is C58H34O2. The van der Waals surface area contributed by atoms with Crippen molar-refractivity contribution in [2.24, 2.45) is 0 Å². The smallest absolute Gasteiger partial charge is 0.147 e. The van der Waals surface area contributed by atoms with Gasteiger partial charge in [0.15, 0.2) is 0 Å². The van der Waals surface area contributed by atoms with Gasteiger partial charge in [0.1, 0.15) is 22.3 Å². The summed E-state index contributed by atoms with van der Waals surface area (Å²) in [4.78, 5) is 0. The standard InChI is InChI=1S/C58H34O2/c1-3-17-39-35(13-1)15-11-24-41(39)37-27-29-48-50(33-37)55(38-28-31-53-51(34-38)57-54(59-53)32-30-49-44-20-9-10-26-52(44)60-58(49)57)46-22-7-8-23-47(46)56(48)45-21-6-5-19-43(45)42-25-12-16-36-14-2-4-18-40(36)42/h1-34H. The van der Waals surface area contributed by atoms with E-state index in [1.807, 2.05) is 12.1 Å². The van der Waals surface area contributed by atoms with Gasteiger partial charge in [-0.15, -0.1) is 0 Å². The molecule has 0 radical (unpaired) electrons. The van der Waals surface area contributed by atoms with Crippen LogP contribution in [-0.2, 0) is 0 Å². The highest BCUT2D eigenvalue weighted by atomic mass is 16.3. The Morgan fingerprint density at radius 3 is 1.57 bits per heavy atom. The number of hydrogen-bond acceptors (Lipinski definition) is 2. The molecule has 13 aromatic rings. The molecule has 0 spiro atoms. The third-order valence-electron chi connectivity index (χ3n) is 12.7. The normalized spacial score (nSPS) is 12.0. The van der Waals surface area contributed by atoms with Crippen molar-refractivity contribution in [2.75, 3.05) is 0 Å². The summed E-state index contributed by atoms with van der Waals surface area (Å²) >= 11 is 0. The maximum absolute atomic E-state index is 6.60. The zero-order valence-electron chi connectivity index (χ0n) is 32.4. The van der Waals surface area contributed by atoms with Crippen molar-refractivity contribution in [3.8, 4) is 44.5 Å². The molecule has 0 atom stereocenters. The van der Waals surface area contributed by atoms with Crippen molar-refractivity contribution in [1.82, 2.24) is 0 Å². The average Bonchev–Trinajstić information content (AvgIpc) is 3.88. The molecule has 2 aromatic heterocycles. The molecule has 0 aliphatic heterocycles. The van der Waals surface area contributed by atoms with E-state index in [-0.39, 0.29) is 0 Å². The summed E-state index contributed by atoms with van der Waals surface area (Å²) < 4.78 is 13.1. The fraction of sp³-hybridized carbons (Fsp3) is 0. The minimum absolute atomic E-state index is 0.821. The van der Waals surface area contributed by atoms with Crippen LogP contribution in [0.2, 0.25) is 0 Å². The summed E-state index contributed by atoms with van der Waals surface area (Å²) in [5, 5.41) is 14.0. The SMILES string of the molecule is c1ccc(-c2c3ccccc3c(-c3ccc4oc5ccc6c7ccccc7oc6c5c4c3)c3cc(-c4cccc5ccccc45)ccc23)c(-c2cccc3ccccc23)c1. The molecule has 60 heavy (non-hydrogen) atoms. The molecule has 2 heterocycles. The topological polar surface area (TPSA) is 26.3 Å². The van der Waals surface area contributed by atoms with Crippen LogP contribution in [0.1, 0.15) is 0 Å². The third-order valence-corrected chi connectivity index (χ3v) is 12.7. The molecule has 0 saturated carbocycles. The van der Waals surface area contributed by atoms with Crippen LogP contribution in [0.15, 0.2) is 215 Å². The van der Waals surface area contributed by atoms with E-state index in [4.69, 9.17) is 8.83 Å². The van der Waals surface area contributed by atoms with Gasteiger partial charge in [-0.3, -0.25) is 0 Å². The van der Waals surface area contributed by atoms with Gasteiger partial charge in [-0.2, -0.15) is 0 Å². The summed E-state index contributed by atoms with van der Waals surface area (Å²) in [6.07, 6.45) is 0. The number of furan rings is 2. The van der Waals surface area contributed by atoms with E-state index in [9.17, 15) is 0 Å². The molecule has 2 nitrogen and oxygen atoms in total. The van der Waals surface area contributed by atoms with E-state index in [2.05, 4.69) is 194 Å². The Balaban J connectivity index is 1.15. The molecule has 13 rings (SSSR count). The second-order valence-corrected chi connectivity index (χ2v) is 15.9. The van der Waals surface area contributed by atoms with Crippen LogP contribution >= 0.6 is 0 Å². The summed E-state index contributed by atoms with van der Waals surface area (Å²) in [5.41, 5.74) is 13.0. The van der Waals surface area contributed by atoms with E-state index >= 15 is 0 Å². The number of para-hydroxylation sites is 1. The lowest BCUT2D eigenvalue weighted by Crippen LogP contribution is -1.94. The van der Waals surface area contributed by atoms with Crippen LogP contribution in [0.5, 0.6) is 0 Å². The number of fused-ring (bicyclic) bond motifs is 11. The Hall–Kier alpha value is -7.94. The van der Waals surface area contributed by atoms with E-state index in [0.29, 0.717) is 0 Å².